The lowest BCUT2D eigenvalue weighted by Gasteiger charge is -2.36. The topological polar surface area (TPSA) is 29.5 Å². The molecule has 0 saturated carbocycles. The lowest BCUT2D eigenvalue weighted by molar-refractivity contribution is -0.208. The average molecular weight is 239 g/mol. The molecule has 1 heterocycles. The third-order valence-electron chi connectivity index (χ3n) is 2.83. The highest BCUT2D eigenvalue weighted by Gasteiger charge is 2.49. The maximum atomic E-state index is 12.7. The second-order valence-corrected chi connectivity index (χ2v) is 4.06. The second-order valence-electron chi connectivity index (χ2n) is 4.06. The summed E-state index contributed by atoms with van der Waals surface area (Å²) >= 11 is 0. The SMILES string of the molecule is CCOC(=O)C1CCN(C)C[C@H]1C(F)(F)F. The van der Waals surface area contributed by atoms with Crippen LogP contribution in [-0.2, 0) is 9.53 Å². The normalized spacial score (nSPS) is 27.8. The van der Waals surface area contributed by atoms with Gasteiger partial charge in [0.05, 0.1) is 18.4 Å². The monoisotopic (exact) mass is 239 g/mol. The van der Waals surface area contributed by atoms with Gasteiger partial charge < -0.3 is 9.64 Å². The molecule has 1 saturated heterocycles. The van der Waals surface area contributed by atoms with Crippen molar-refractivity contribution in [2.24, 2.45) is 11.8 Å². The number of rotatable bonds is 2. The highest BCUT2D eigenvalue weighted by atomic mass is 19.4. The summed E-state index contributed by atoms with van der Waals surface area (Å²) in [7, 11) is 1.63. The predicted molar refractivity (Wildman–Crippen MR) is 51.8 cm³/mol. The molecule has 1 rings (SSSR count). The fourth-order valence-corrected chi connectivity index (χ4v) is 1.98. The van der Waals surface area contributed by atoms with E-state index in [4.69, 9.17) is 0 Å². The highest BCUT2D eigenvalue weighted by molar-refractivity contribution is 5.73. The molecule has 6 heteroatoms. The number of ether oxygens (including phenoxy) is 1. The van der Waals surface area contributed by atoms with Crippen molar-refractivity contribution in [1.82, 2.24) is 4.90 Å². The van der Waals surface area contributed by atoms with Crippen molar-refractivity contribution in [3.8, 4) is 0 Å². The van der Waals surface area contributed by atoms with E-state index in [1.54, 1.807) is 18.9 Å². The van der Waals surface area contributed by atoms with Crippen molar-refractivity contribution in [3.63, 3.8) is 0 Å². The predicted octanol–water partition coefficient (Wildman–Crippen LogP) is 1.68. The van der Waals surface area contributed by atoms with Gasteiger partial charge in [0.2, 0.25) is 0 Å². The number of esters is 1. The molecule has 94 valence electrons. The largest absolute Gasteiger partial charge is 0.466 e. The molecule has 16 heavy (non-hydrogen) atoms. The van der Waals surface area contributed by atoms with Crippen molar-refractivity contribution in [2.45, 2.75) is 19.5 Å². The van der Waals surface area contributed by atoms with Crippen molar-refractivity contribution >= 4 is 5.97 Å². The smallest absolute Gasteiger partial charge is 0.393 e. The molecule has 0 spiro atoms. The van der Waals surface area contributed by atoms with Gasteiger partial charge in [0, 0.05) is 6.54 Å². The molecule has 0 aromatic heterocycles. The molecule has 3 nitrogen and oxygen atoms in total. The maximum Gasteiger partial charge on any atom is 0.393 e. The van der Waals surface area contributed by atoms with Gasteiger partial charge in [-0.1, -0.05) is 0 Å². The molecule has 2 atom stereocenters. The molecule has 1 unspecified atom stereocenters. The van der Waals surface area contributed by atoms with Crippen LogP contribution in [0.15, 0.2) is 0 Å². The molecule has 1 aliphatic heterocycles. The van der Waals surface area contributed by atoms with Crippen LogP contribution in [0, 0.1) is 11.8 Å². The van der Waals surface area contributed by atoms with Gasteiger partial charge in [-0.2, -0.15) is 13.2 Å². The minimum absolute atomic E-state index is 0.121. The van der Waals surface area contributed by atoms with Gasteiger partial charge in [-0.15, -0.1) is 0 Å². The minimum atomic E-state index is -4.34. The standard InChI is InChI=1S/C10H16F3NO2/c1-3-16-9(15)7-4-5-14(2)6-8(7)10(11,12)13/h7-8H,3-6H2,1-2H3/t7?,8-/m1/s1. The first-order valence-corrected chi connectivity index (χ1v) is 5.28. The van der Waals surface area contributed by atoms with Crippen LogP contribution in [-0.4, -0.2) is 43.8 Å². The number of alkyl halides is 3. The van der Waals surface area contributed by atoms with Crippen LogP contribution in [0.25, 0.3) is 0 Å². The average Bonchev–Trinajstić information content (AvgIpc) is 2.16. The van der Waals surface area contributed by atoms with Crippen molar-refractivity contribution < 1.29 is 22.7 Å². The summed E-state index contributed by atoms with van der Waals surface area (Å²) in [6, 6.07) is 0. The molecule has 0 radical (unpaired) electrons. The Morgan fingerprint density at radius 2 is 2.12 bits per heavy atom. The number of hydrogen-bond acceptors (Lipinski definition) is 3. The van der Waals surface area contributed by atoms with E-state index in [0.29, 0.717) is 6.54 Å². The Morgan fingerprint density at radius 1 is 1.50 bits per heavy atom. The van der Waals surface area contributed by atoms with Gasteiger partial charge in [-0.25, -0.2) is 0 Å². The fraction of sp³-hybridized carbons (Fsp3) is 0.900. The second kappa shape index (κ2) is 5.03. The van der Waals surface area contributed by atoms with Gasteiger partial charge in [-0.3, -0.25) is 4.79 Å². The van der Waals surface area contributed by atoms with E-state index in [1.165, 1.54) is 0 Å². The Bertz CT molecular complexity index is 255. The summed E-state index contributed by atoms with van der Waals surface area (Å²) in [4.78, 5) is 13.0. The van der Waals surface area contributed by atoms with Gasteiger partial charge >= 0.3 is 12.1 Å². The van der Waals surface area contributed by atoms with E-state index in [-0.39, 0.29) is 19.6 Å². The van der Waals surface area contributed by atoms with E-state index < -0.39 is 24.0 Å². The van der Waals surface area contributed by atoms with E-state index in [0.717, 1.165) is 0 Å². The van der Waals surface area contributed by atoms with Crippen LogP contribution in [0.3, 0.4) is 0 Å². The number of nitrogens with zero attached hydrogens (tertiary/aromatic N) is 1. The van der Waals surface area contributed by atoms with Crippen LogP contribution in [0.5, 0.6) is 0 Å². The zero-order chi connectivity index (χ0) is 12.3. The summed E-state index contributed by atoms with van der Waals surface area (Å²) < 4.78 is 42.9. The number of likely N-dealkylation sites (tertiary alicyclic amines) is 1. The third kappa shape index (κ3) is 3.10. The Labute approximate surface area is 92.5 Å². The van der Waals surface area contributed by atoms with Crippen LogP contribution < -0.4 is 0 Å². The van der Waals surface area contributed by atoms with Crippen molar-refractivity contribution in [3.05, 3.63) is 0 Å². The molecular formula is C10H16F3NO2. The third-order valence-corrected chi connectivity index (χ3v) is 2.83. The molecule has 0 aromatic carbocycles. The van der Waals surface area contributed by atoms with E-state index in [9.17, 15) is 18.0 Å². The van der Waals surface area contributed by atoms with E-state index >= 15 is 0 Å². The van der Waals surface area contributed by atoms with Crippen LogP contribution in [0.2, 0.25) is 0 Å². The summed E-state index contributed by atoms with van der Waals surface area (Å²) in [6.45, 7) is 2.08. The number of carbonyl (C=O) groups is 1. The number of hydrogen-bond donors (Lipinski definition) is 0. The summed E-state index contributed by atoms with van der Waals surface area (Å²) in [6.07, 6.45) is -4.13. The Hall–Kier alpha value is -0.780. The summed E-state index contributed by atoms with van der Waals surface area (Å²) in [5.41, 5.74) is 0. The molecule has 1 aliphatic rings. The molecule has 0 aliphatic carbocycles. The van der Waals surface area contributed by atoms with Crippen LogP contribution in [0.4, 0.5) is 13.2 Å². The van der Waals surface area contributed by atoms with Crippen molar-refractivity contribution in [1.29, 1.82) is 0 Å². The molecule has 0 aromatic rings. The van der Waals surface area contributed by atoms with Gasteiger partial charge in [0.25, 0.3) is 0 Å². The van der Waals surface area contributed by atoms with E-state index in [2.05, 4.69) is 4.74 Å². The molecule has 0 amide bonds. The highest BCUT2D eigenvalue weighted by Crippen LogP contribution is 2.37. The Balaban J connectivity index is 2.76. The first-order valence-electron chi connectivity index (χ1n) is 5.28. The maximum absolute atomic E-state index is 12.7. The van der Waals surface area contributed by atoms with Crippen molar-refractivity contribution in [2.75, 3.05) is 26.7 Å². The lowest BCUT2D eigenvalue weighted by Crippen LogP contribution is -2.48. The van der Waals surface area contributed by atoms with Gasteiger partial charge in [0.1, 0.15) is 0 Å². The number of piperidine rings is 1. The quantitative estimate of drug-likeness (QED) is 0.687. The Kier molecular flexibility index (Phi) is 4.18. The van der Waals surface area contributed by atoms with Crippen LogP contribution in [0.1, 0.15) is 13.3 Å². The zero-order valence-electron chi connectivity index (χ0n) is 9.38. The minimum Gasteiger partial charge on any atom is -0.466 e. The summed E-state index contributed by atoms with van der Waals surface area (Å²) in [5, 5.41) is 0. The molecule has 1 fully saturated rings. The fourth-order valence-electron chi connectivity index (χ4n) is 1.98. The number of carbonyl (C=O) groups excluding carboxylic acids is 1. The first-order chi connectivity index (χ1) is 7.36. The lowest BCUT2D eigenvalue weighted by atomic mass is 9.85. The number of halogens is 3. The summed E-state index contributed by atoms with van der Waals surface area (Å²) in [5.74, 6) is -3.38. The molecule has 0 bridgehead atoms. The molecule has 0 N–H and O–H groups in total. The van der Waals surface area contributed by atoms with Gasteiger partial charge in [-0.05, 0) is 26.9 Å². The molecular weight excluding hydrogens is 223 g/mol. The zero-order valence-corrected chi connectivity index (χ0v) is 9.38. The van der Waals surface area contributed by atoms with E-state index in [1.807, 2.05) is 0 Å². The Morgan fingerprint density at radius 3 is 2.62 bits per heavy atom. The van der Waals surface area contributed by atoms with Crippen LogP contribution >= 0.6 is 0 Å². The van der Waals surface area contributed by atoms with Gasteiger partial charge in [0.15, 0.2) is 0 Å². The first kappa shape index (κ1) is 13.3.